The summed E-state index contributed by atoms with van der Waals surface area (Å²) in [7, 11) is -3.19. The van der Waals surface area contributed by atoms with E-state index in [0.717, 1.165) is 26.3 Å². The second kappa shape index (κ2) is 7.73. The fourth-order valence-electron chi connectivity index (χ4n) is 1.31. The van der Waals surface area contributed by atoms with Crippen molar-refractivity contribution in [3.05, 3.63) is 0 Å². The highest BCUT2D eigenvalue weighted by Gasteiger charge is 2.37. The third-order valence-corrected chi connectivity index (χ3v) is 14.2. The molecule has 0 radical (unpaired) electrons. The van der Waals surface area contributed by atoms with E-state index in [1.807, 2.05) is 0 Å². The first-order valence-corrected chi connectivity index (χ1v) is 14.0. The van der Waals surface area contributed by atoms with Crippen LogP contribution in [0.25, 0.3) is 0 Å². The van der Waals surface area contributed by atoms with Gasteiger partial charge < -0.3 is 14.2 Å². The van der Waals surface area contributed by atoms with Gasteiger partial charge in [0.05, 0.1) is 0 Å². The summed E-state index contributed by atoms with van der Waals surface area (Å²) in [6.07, 6.45) is 0. The minimum atomic E-state index is -1.59. The fraction of sp³-hybridized carbons (Fsp3) is 1.00. The average Bonchev–Trinajstić information content (AvgIpc) is 2.24. The van der Waals surface area contributed by atoms with Crippen molar-refractivity contribution in [2.24, 2.45) is 0 Å². The molecule has 128 valence electrons. The lowest BCUT2D eigenvalue weighted by Crippen LogP contribution is -2.43. The Morgan fingerprint density at radius 1 is 0.667 bits per heavy atom. The molecule has 0 saturated carbocycles. The smallest absolute Gasteiger partial charge is 0.192 e. The molecule has 0 spiro atoms. The monoisotopic (exact) mass is 333 g/mol. The van der Waals surface area contributed by atoms with Crippen LogP contribution in [-0.2, 0) is 8.85 Å². The minimum absolute atomic E-state index is 0.290. The number of nitrogens with one attached hydrogen (secondary N) is 1. The van der Waals surface area contributed by atoms with Crippen LogP contribution in [0.2, 0.25) is 36.3 Å². The molecule has 0 aliphatic carbocycles. The van der Waals surface area contributed by atoms with Crippen LogP contribution in [0, 0.1) is 0 Å². The van der Waals surface area contributed by atoms with Crippen molar-refractivity contribution in [2.75, 3.05) is 26.3 Å². The van der Waals surface area contributed by atoms with E-state index < -0.39 is 16.6 Å². The maximum absolute atomic E-state index is 6.14. The first-order valence-electron chi connectivity index (χ1n) is 8.19. The maximum atomic E-state index is 6.14. The van der Waals surface area contributed by atoms with Gasteiger partial charge in [-0.3, -0.25) is 0 Å². The Labute approximate surface area is 135 Å². The fourth-order valence-corrected chi connectivity index (χ4v) is 3.41. The molecular formula is C16H39NO2Si2. The van der Waals surface area contributed by atoms with Gasteiger partial charge in [-0.1, -0.05) is 41.5 Å². The van der Waals surface area contributed by atoms with Crippen molar-refractivity contribution in [1.29, 1.82) is 0 Å². The van der Waals surface area contributed by atoms with E-state index in [4.69, 9.17) is 8.85 Å². The Kier molecular flexibility index (Phi) is 7.84. The molecule has 0 aromatic carbocycles. The van der Waals surface area contributed by atoms with Gasteiger partial charge >= 0.3 is 0 Å². The molecule has 0 bridgehead atoms. The molecule has 0 aromatic heterocycles. The molecule has 0 saturated heterocycles. The lowest BCUT2D eigenvalue weighted by Gasteiger charge is -2.36. The lowest BCUT2D eigenvalue weighted by atomic mass is 10.2. The molecule has 0 unspecified atom stereocenters. The second-order valence-electron chi connectivity index (χ2n) is 8.97. The van der Waals surface area contributed by atoms with Gasteiger partial charge in [-0.05, 0) is 36.3 Å². The summed E-state index contributed by atoms with van der Waals surface area (Å²) in [6.45, 7) is 26.3. The van der Waals surface area contributed by atoms with Crippen LogP contribution >= 0.6 is 0 Å². The van der Waals surface area contributed by atoms with E-state index in [-0.39, 0.29) is 0 Å². The Morgan fingerprint density at radius 3 is 1.19 bits per heavy atom. The standard InChI is InChI=1S/C16H39NO2Si2/c1-15(2,3)20(7,8)18-13-11-17-12-14-19-21(9,10)16(4,5)6/h17H,11-14H2,1-10H3. The number of hydrogen-bond acceptors (Lipinski definition) is 3. The summed E-state index contributed by atoms with van der Waals surface area (Å²) >= 11 is 0. The van der Waals surface area contributed by atoms with Gasteiger partial charge in [0.25, 0.3) is 0 Å². The molecule has 0 heterocycles. The predicted octanol–water partition coefficient (Wildman–Crippen LogP) is 4.62. The molecule has 0 fully saturated rings. The van der Waals surface area contributed by atoms with E-state index in [0.29, 0.717) is 10.1 Å². The Morgan fingerprint density at radius 2 is 0.952 bits per heavy atom. The summed E-state index contributed by atoms with van der Waals surface area (Å²) in [4.78, 5) is 0. The summed E-state index contributed by atoms with van der Waals surface area (Å²) in [5.74, 6) is 0. The van der Waals surface area contributed by atoms with E-state index >= 15 is 0 Å². The zero-order chi connectivity index (χ0) is 16.9. The van der Waals surface area contributed by atoms with Gasteiger partial charge in [-0.2, -0.15) is 0 Å². The number of rotatable bonds is 8. The Hall–Kier alpha value is 0.314. The van der Waals surface area contributed by atoms with Crippen LogP contribution in [0.5, 0.6) is 0 Å². The van der Waals surface area contributed by atoms with Crippen molar-refractivity contribution < 1.29 is 8.85 Å². The van der Waals surface area contributed by atoms with Gasteiger partial charge in [0, 0.05) is 26.3 Å². The van der Waals surface area contributed by atoms with Gasteiger partial charge in [-0.25, -0.2) is 0 Å². The molecule has 0 aliphatic rings. The molecule has 0 aliphatic heterocycles. The van der Waals surface area contributed by atoms with Gasteiger partial charge in [0.15, 0.2) is 16.6 Å². The third kappa shape index (κ3) is 7.41. The molecule has 0 aromatic rings. The van der Waals surface area contributed by atoms with Crippen molar-refractivity contribution in [2.45, 2.75) is 77.8 Å². The average molecular weight is 334 g/mol. The van der Waals surface area contributed by atoms with Crippen LogP contribution in [0.15, 0.2) is 0 Å². The zero-order valence-electron chi connectivity index (χ0n) is 16.1. The van der Waals surface area contributed by atoms with E-state index in [1.165, 1.54) is 0 Å². The van der Waals surface area contributed by atoms with Gasteiger partial charge in [0.2, 0.25) is 0 Å². The maximum Gasteiger partial charge on any atom is 0.192 e. The van der Waals surface area contributed by atoms with Crippen LogP contribution < -0.4 is 5.32 Å². The normalized spacial score (nSPS) is 14.6. The highest BCUT2D eigenvalue weighted by Crippen LogP contribution is 2.37. The van der Waals surface area contributed by atoms with E-state index in [2.05, 4.69) is 73.0 Å². The van der Waals surface area contributed by atoms with Crippen molar-refractivity contribution in [3.63, 3.8) is 0 Å². The molecule has 0 atom stereocenters. The van der Waals surface area contributed by atoms with Gasteiger partial charge in [-0.15, -0.1) is 0 Å². The molecule has 1 N–H and O–H groups in total. The highest BCUT2D eigenvalue weighted by atomic mass is 28.4. The predicted molar refractivity (Wildman–Crippen MR) is 99.2 cm³/mol. The molecule has 5 heteroatoms. The molecule has 21 heavy (non-hydrogen) atoms. The van der Waals surface area contributed by atoms with Gasteiger partial charge in [0.1, 0.15) is 0 Å². The molecule has 0 amide bonds. The summed E-state index contributed by atoms with van der Waals surface area (Å²) < 4.78 is 12.3. The highest BCUT2D eigenvalue weighted by molar-refractivity contribution is 6.74. The van der Waals surface area contributed by atoms with Crippen molar-refractivity contribution in [3.8, 4) is 0 Å². The SMILES string of the molecule is CC(C)(C)[Si](C)(C)OCCNCCO[Si](C)(C)C(C)(C)C. The molecule has 3 nitrogen and oxygen atoms in total. The quantitative estimate of drug-likeness (QED) is 0.519. The number of hydrogen-bond donors (Lipinski definition) is 1. The van der Waals surface area contributed by atoms with Crippen LogP contribution in [0.4, 0.5) is 0 Å². The topological polar surface area (TPSA) is 30.5 Å². The molecule has 0 rings (SSSR count). The summed E-state index contributed by atoms with van der Waals surface area (Å²) in [6, 6.07) is 0. The first-order chi connectivity index (χ1) is 9.21. The Balaban J connectivity index is 3.81. The second-order valence-corrected chi connectivity index (χ2v) is 18.6. The summed E-state index contributed by atoms with van der Waals surface area (Å²) in [5.41, 5.74) is 0. The first kappa shape index (κ1) is 21.3. The minimum Gasteiger partial charge on any atom is -0.416 e. The van der Waals surface area contributed by atoms with E-state index in [1.54, 1.807) is 0 Å². The summed E-state index contributed by atoms with van der Waals surface area (Å²) in [5, 5.41) is 4.01. The van der Waals surface area contributed by atoms with Crippen LogP contribution in [-0.4, -0.2) is 42.9 Å². The zero-order valence-corrected chi connectivity index (χ0v) is 18.1. The lowest BCUT2D eigenvalue weighted by molar-refractivity contribution is 0.263. The van der Waals surface area contributed by atoms with E-state index in [9.17, 15) is 0 Å². The largest absolute Gasteiger partial charge is 0.416 e. The molecular weight excluding hydrogens is 294 g/mol. The Bertz CT molecular complexity index is 274. The van der Waals surface area contributed by atoms with Crippen LogP contribution in [0.1, 0.15) is 41.5 Å². The third-order valence-electron chi connectivity index (χ3n) is 5.10. The van der Waals surface area contributed by atoms with Crippen molar-refractivity contribution >= 4 is 16.6 Å². The van der Waals surface area contributed by atoms with Crippen molar-refractivity contribution in [1.82, 2.24) is 5.32 Å². The van der Waals surface area contributed by atoms with Crippen LogP contribution in [0.3, 0.4) is 0 Å².